The molecule has 1 saturated heterocycles. The van der Waals surface area contributed by atoms with Gasteiger partial charge < -0.3 is 9.73 Å². The van der Waals surface area contributed by atoms with Crippen LogP contribution >= 0.6 is 11.8 Å². The highest BCUT2D eigenvalue weighted by atomic mass is 32.2. The number of rotatable bonds is 6. The van der Waals surface area contributed by atoms with Crippen LogP contribution in [0.25, 0.3) is 11.6 Å². The Morgan fingerprint density at radius 3 is 2.79 bits per heavy atom. The lowest BCUT2D eigenvalue weighted by Crippen LogP contribution is -2.51. The van der Waals surface area contributed by atoms with E-state index in [1.165, 1.54) is 11.8 Å². The molecule has 0 bridgehead atoms. The maximum Gasteiger partial charge on any atom is 0.344 e. The number of nitrogens with one attached hydrogen (secondary N) is 2. The van der Waals surface area contributed by atoms with Crippen LogP contribution in [0, 0.1) is 0 Å². The number of carbonyl (C=O) groups excluding carboxylic acids is 3. The van der Waals surface area contributed by atoms with Crippen LogP contribution in [0.5, 0.6) is 0 Å². The van der Waals surface area contributed by atoms with Gasteiger partial charge in [-0.25, -0.2) is 4.79 Å². The van der Waals surface area contributed by atoms with Crippen LogP contribution in [0.3, 0.4) is 0 Å². The molecule has 1 spiro atoms. The van der Waals surface area contributed by atoms with E-state index in [1.807, 2.05) is 11.5 Å². The van der Waals surface area contributed by atoms with Crippen molar-refractivity contribution < 1.29 is 18.8 Å². The summed E-state index contributed by atoms with van der Waals surface area (Å²) in [5.74, 6) is 0.316. The number of amides is 4. The minimum atomic E-state index is -0.865. The number of thioether (sulfide) groups is 1. The van der Waals surface area contributed by atoms with Crippen molar-refractivity contribution in [2.75, 3.05) is 5.75 Å². The Hall–Kier alpha value is -2.82. The minimum absolute atomic E-state index is 0.0135. The molecule has 29 heavy (non-hydrogen) atoms. The van der Waals surface area contributed by atoms with Crippen molar-refractivity contribution in [3.8, 4) is 11.6 Å². The molecule has 2 N–H and O–H groups in total. The fourth-order valence-corrected chi connectivity index (χ4v) is 4.57. The Kier molecular flexibility index (Phi) is 5.31. The maximum absolute atomic E-state index is 12.7. The van der Waals surface area contributed by atoms with Crippen LogP contribution in [0.2, 0.25) is 0 Å². The summed E-state index contributed by atoms with van der Waals surface area (Å²) in [6.07, 6.45) is 5.58. The Bertz CT molecular complexity index is 919. The van der Waals surface area contributed by atoms with Crippen LogP contribution in [-0.2, 0) is 16.1 Å². The molecular weight excluding hydrogens is 396 g/mol. The first-order valence-corrected chi connectivity index (χ1v) is 10.6. The zero-order valence-electron chi connectivity index (χ0n) is 16.0. The SMILES string of the molecule is CCn1c(SCC(=O)NN2C(=O)NC3(CCCCC3)C2=O)nnc1-c1ccco1. The molecule has 1 aliphatic carbocycles. The highest BCUT2D eigenvalue weighted by Gasteiger charge is 2.52. The molecule has 0 aromatic carbocycles. The van der Waals surface area contributed by atoms with Gasteiger partial charge in [0, 0.05) is 6.54 Å². The molecule has 4 rings (SSSR count). The second kappa shape index (κ2) is 7.90. The standard InChI is InChI=1S/C18H22N6O4S/c1-2-23-14(12-7-6-10-28-12)20-21-17(23)29-11-13(25)22-24-15(26)18(19-16(24)27)8-4-3-5-9-18/h6-7,10H,2-5,8-9,11H2,1H3,(H,19,27)(H,22,25). The van der Waals surface area contributed by atoms with Crippen molar-refractivity contribution in [3.05, 3.63) is 18.4 Å². The minimum Gasteiger partial charge on any atom is -0.461 e. The van der Waals surface area contributed by atoms with Crippen LogP contribution in [-0.4, -0.2) is 48.9 Å². The quantitative estimate of drug-likeness (QED) is 0.543. The van der Waals surface area contributed by atoms with Gasteiger partial charge in [0.25, 0.3) is 5.91 Å². The monoisotopic (exact) mass is 418 g/mol. The van der Waals surface area contributed by atoms with Gasteiger partial charge in [0.05, 0.1) is 12.0 Å². The van der Waals surface area contributed by atoms with Gasteiger partial charge in [0.2, 0.25) is 5.91 Å². The first-order chi connectivity index (χ1) is 14.0. The summed E-state index contributed by atoms with van der Waals surface area (Å²) in [7, 11) is 0. The molecule has 4 amide bonds. The third-order valence-electron chi connectivity index (χ3n) is 5.21. The molecule has 2 aromatic rings. The van der Waals surface area contributed by atoms with Crippen molar-refractivity contribution >= 4 is 29.6 Å². The topological polar surface area (TPSA) is 122 Å². The van der Waals surface area contributed by atoms with Crippen LogP contribution < -0.4 is 10.7 Å². The Labute approximate surface area is 171 Å². The van der Waals surface area contributed by atoms with E-state index in [-0.39, 0.29) is 11.7 Å². The summed E-state index contributed by atoms with van der Waals surface area (Å²) in [4.78, 5) is 37.3. The molecule has 1 saturated carbocycles. The lowest BCUT2D eigenvalue weighted by atomic mass is 9.82. The predicted molar refractivity (Wildman–Crippen MR) is 103 cm³/mol. The third kappa shape index (κ3) is 3.61. The van der Waals surface area contributed by atoms with Crippen LogP contribution in [0.15, 0.2) is 28.0 Å². The number of urea groups is 1. The number of imide groups is 1. The van der Waals surface area contributed by atoms with E-state index in [0.29, 0.717) is 36.1 Å². The van der Waals surface area contributed by atoms with E-state index in [2.05, 4.69) is 20.9 Å². The number of hydrogen-bond acceptors (Lipinski definition) is 7. The van der Waals surface area contributed by atoms with Gasteiger partial charge in [0.15, 0.2) is 16.7 Å². The van der Waals surface area contributed by atoms with Crippen molar-refractivity contribution in [1.29, 1.82) is 0 Å². The van der Waals surface area contributed by atoms with Crippen LogP contribution in [0.1, 0.15) is 39.0 Å². The normalized spacial score (nSPS) is 18.3. The van der Waals surface area contributed by atoms with E-state index in [1.54, 1.807) is 18.4 Å². The highest BCUT2D eigenvalue weighted by Crippen LogP contribution is 2.33. The van der Waals surface area contributed by atoms with Gasteiger partial charge in [-0.05, 0) is 31.9 Å². The highest BCUT2D eigenvalue weighted by molar-refractivity contribution is 7.99. The molecule has 0 unspecified atom stereocenters. The summed E-state index contributed by atoms with van der Waals surface area (Å²) in [5.41, 5.74) is 1.56. The number of carbonyl (C=O) groups is 3. The van der Waals surface area contributed by atoms with E-state index < -0.39 is 17.5 Å². The molecule has 2 fully saturated rings. The summed E-state index contributed by atoms with van der Waals surface area (Å²) in [5, 5.41) is 12.4. The van der Waals surface area contributed by atoms with Crippen molar-refractivity contribution in [1.82, 2.24) is 30.5 Å². The lowest BCUT2D eigenvalue weighted by Gasteiger charge is -2.30. The van der Waals surface area contributed by atoms with Gasteiger partial charge in [-0.2, -0.15) is 5.01 Å². The molecule has 2 aliphatic rings. The van der Waals surface area contributed by atoms with Crippen molar-refractivity contribution in [2.24, 2.45) is 0 Å². The molecule has 0 radical (unpaired) electrons. The molecule has 0 atom stereocenters. The van der Waals surface area contributed by atoms with Gasteiger partial charge in [-0.15, -0.1) is 10.2 Å². The average molecular weight is 418 g/mol. The van der Waals surface area contributed by atoms with E-state index in [4.69, 9.17) is 4.42 Å². The largest absolute Gasteiger partial charge is 0.461 e. The number of nitrogens with zero attached hydrogens (tertiary/aromatic N) is 4. The number of aromatic nitrogens is 3. The zero-order chi connectivity index (χ0) is 20.4. The molecule has 11 heteroatoms. The zero-order valence-corrected chi connectivity index (χ0v) is 16.8. The molecule has 1 aliphatic heterocycles. The first-order valence-electron chi connectivity index (χ1n) is 9.60. The number of hydrazine groups is 1. The van der Waals surface area contributed by atoms with Crippen molar-refractivity contribution in [3.63, 3.8) is 0 Å². The maximum atomic E-state index is 12.7. The van der Waals surface area contributed by atoms with Gasteiger partial charge in [-0.1, -0.05) is 31.0 Å². The summed E-state index contributed by atoms with van der Waals surface area (Å²) >= 11 is 1.18. The van der Waals surface area contributed by atoms with Gasteiger partial charge in [0.1, 0.15) is 5.54 Å². The second-order valence-electron chi connectivity index (χ2n) is 7.06. The molecule has 3 heterocycles. The van der Waals surface area contributed by atoms with E-state index >= 15 is 0 Å². The number of hydrogen-bond donors (Lipinski definition) is 2. The van der Waals surface area contributed by atoms with E-state index in [9.17, 15) is 14.4 Å². The summed E-state index contributed by atoms with van der Waals surface area (Å²) in [6.45, 7) is 2.54. The van der Waals surface area contributed by atoms with Gasteiger partial charge in [-0.3, -0.25) is 19.6 Å². The summed E-state index contributed by atoms with van der Waals surface area (Å²) < 4.78 is 7.20. The molecule has 10 nitrogen and oxygen atoms in total. The van der Waals surface area contributed by atoms with Gasteiger partial charge >= 0.3 is 6.03 Å². The van der Waals surface area contributed by atoms with E-state index in [0.717, 1.165) is 24.3 Å². The average Bonchev–Trinajstić information content (AvgIpc) is 3.43. The third-order valence-corrected chi connectivity index (χ3v) is 6.18. The second-order valence-corrected chi connectivity index (χ2v) is 8.01. The Balaban J connectivity index is 1.38. The fourth-order valence-electron chi connectivity index (χ4n) is 3.77. The molecular formula is C18H22N6O4S. The Morgan fingerprint density at radius 2 is 2.10 bits per heavy atom. The predicted octanol–water partition coefficient (Wildman–Crippen LogP) is 1.94. The first kappa shape index (κ1) is 19.5. The fraction of sp³-hybridized carbons (Fsp3) is 0.500. The number of furan rings is 1. The molecule has 2 aromatic heterocycles. The van der Waals surface area contributed by atoms with Crippen molar-refractivity contribution in [2.45, 2.75) is 56.3 Å². The van der Waals surface area contributed by atoms with Crippen LogP contribution in [0.4, 0.5) is 4.79 Å². The smallest absolute Gasteiger partial charge is 0.344 e. The lowest BCUT2D eigenvalue weighted by molar-refractivity contribution is -0.139. The Morgan fingerprint density at radius 1 is 1.31 bits per heavy atom. The summed E-state index contributed by atoms with van der Waals surface area (Å²) in [6, 6.07) is 2.98. The molecule has 154 valence electrons.